The first kappa shape index (κ1) is 20.6. The second kappa shape index (κ2) is 9.88. The van der Waals surface area contributed by atoms with Crippen LogP contribution >= 0.6 is 11.6 Å². The number of benzene rings is 2. The van der Waals surface area contributed by atoms with Gasteiger partial charge in [-0.05, 0) is 38.0 Å². The van der Waals surface area contributed by atoms with Gasteiger partial charge in [0, 0.05) is 29.1 Å². The molecule has 6 heteroatoms. The van der Waals surface area contributed by atoms with Crippen LogP contribution in [0, 0.1) is 6.92 Å². The molecule has 0 fully saturated rings. The van der Waals surface area contributed by atoms with Crippen molar-refractivity contribution < 1.29 is 19.1 Å². The van der Waals surface area contributed by atoms with Gasteiger partial charge in [-0.3, -0.25) is 14.4 Å². The van der Waals surface area contributed by atoms with Gasteiger partial charge in [0.25, 0.3) is 0 Å². The minimum absolute atomic E-state index is 0.0640. The van der Waals surface area contributed by atoms with Gasteiger partial charge in [0.15, 0.2) is 6.10 Å². The fraction of sp³-hybridized carbons (Fsp3) is 0.286. The highest BCUT2D eigenvalue weighted by atomic mass is 35.5. The van der Waals surface area contributed by atoms with Crippen molar-refractivity contribution in [1.82, 2.24) is 0 Å². The zero-order chi connectivity index (χ0) is 19.8. The van der Waals surface area contributed by atoms with E-state index >= 15 is 0 Å². The first-order valence-corrected chi connectivity index (χ1v) is 9.09. The standard InChI is InChI=1S/C21H22ClNO4/c1-14-11-12-17(13-18(14)22)23-19(24)9-6-10-20(25)27-15(2)21(26)16-7-4-3-5-8-16/h3-5,7-8,11-13,15H,6,9-10H2,1-2H3,(H,23,24)/t15-/m1/s1. The molecule has 2 aromatic carbocycles. The van der Waals surface area contributed by atoms with Gasteiger partial charge in [-0.15, -0.1) is 0 Å². The fourth-order valence-corrected chi connectivity index (χ4v) is 2.61. The quantitative estimate of drug-likeness (QED) is 0.531. The Morgan fingerprint density at radius 3 is 2.44 bits per heavy atom. The number of rotatable bonds is 8. The number of amides is 1. The molecular weight excluding hydrogens is 366 g/mol. The summed E-state index contributed by atoms with van der Waals surface area (Å²) in [6, 6.07) is 13.9. The third-order valence-corrected chi connectivity index (χ3v) is 4.38. The van der Waals surface area contributed by atoms with E-state index in [1.165, 1.54) is 0 Å². The van der Waals surface area contributed by atoms with Crippen LogP contribution in [0.4, 0.5) is 5.69 Å². The molecule has 1 atom stereocenters. The molecular formula is C21H22ClNO4. The highest BCUT2D eigenvalue weighted by Gasteiger charge is 2.19. The summed E-state index contributed by atoms with van der Waals surface area (Å²) in [4.78, 5) is 36.0. The van der Waals surface area contributed by atoms with E-state index in [1.807, 2.05) is 19.1 Å². The second-order valence-electron chi connectivity index (χ2n) is 6.23. The molecule has 0 aliphatic rings. The van der Waals surface area contributed by atoms with Gasteiger partial charge >= 0.3 is 5.97 Å². The Morgan fingerprint density at radius 2 is 1.78 bits per heavy atom. The van der Waals surface area contributed by atoms with Crippen LogP contribution in [0.15, 0.2) is 48.5 Å². The number of ketones is 1. The summed E-state index contributed by atoms with van der Waals surface area (Å²) < 4.78 is 5.16. The molecule has 0 saturated carbocycles. The molecule has 1 N–H and O–H groups in total. The molecule has 1 amide bonds. The summed E-state index contributed by atoms with van der Waals surface area (Å²) in [5, 5.41) is 3.31. The van der Waals surface area contributed by atoms with Gasteiger partial charge in [-0.2, -0.15) is 0 Å². The van der Waals surface area contributed by atoms with E-state index in [-0.39, 0.29) is 24.5 Å². The predicted molar refractivity (Wildman–Crippen MR) is 105 cm³/mol. The van der Waals surface area contributed by atoms with Gasteiger partial charge < -0.3 is 10.1 Å². The van der Waals surface area contributed by atoms with E-state index in [2.05, 4.69) is 5.32 Å². The van der Waals surface area contributed by atoms with Crippen LogP contribution in [-0.4, -0.2) is 23.8 Å². The average Bonchev–Trinajstić information content (AvgIpc) is 2.64. The van der Waals surface area contributed by atoms with E-state index in [1.54, 1.807) is 43.3 Å². The monoisotopic (exact) mass is 387 g/mol. The van der Waals surface area contributed by atoms with Crippen LogP contribution < -0.4 is 5.32 Å². The molecule has 2 rings (SSSR count). The Labute approximate surface area is 163 Å². The van der Waals surface area contributed by atoms with Crippen molar-refractivity contribution in [2.24, 2.45) is 0 Å². The number of aryl methyl sites for hydroxylation is 1. The van der Waals surface area contributed by atoms with Crippen LogP contribution in [0.25, 0.3) is 0 Å². The molecule has 0 aromatic heterocycles. The largest absolute Gasteiger partial charge is 0.454 e. The van der Waals surface area contributed by atoms with Crippen molar-refractivity contribution in [2.75, 3.05) is 5.32 Å². The number of ether oxygens (including phenoxy) is 1. The fourth-order valence-electron chi connectivity index (χ4n) is 2.43. The maximum absolute atomic E-state index is 12.2. The Balaban J connectivity index is 1.72. The smallest absolute Gasteiger partial charge is 0.306 e. The summed E-state index contributed by atoms with van der Waals surface area (Å²) >= 11 is 6.02. The Kier molecular flexibility index (Phi) is 7.55. The summed E-state index contributed by atoms with van der Waals surface area (Å²) in [5.74, 6) is -0.966. The molecule has 27 heavy (non-hydrogen) atoms. The van der Waals surface area contributed by atoms with Gasteiger partial charge in [0.1, 0.15) is 0 Å². The number of hydrogen-bond donors (Lipinski definition) is 1. The maximum atomic E-state index is 12.2. The van der Waals surface area contributed by atoms with Crippen LogP contribution in [0.1, 0.15) is 42.1 Å². The lowest BCUT2D eigenvalue weighted by molar-refractivity contribution is -0.146. The van der Waals surface area contributed by atoms with Crippen LogP contribution in [0.5, 0.6) is 0 Å². The number of carbonyl (C=O) groups excluding carboxylic acids is 3. The van der Waals surface area contributed by atoms with Gasteiger partial charge in [0.05, 0.1) is 0 Å². The lowest BCUT2D eigenvalue weighted by Gasteiger charge is -2.12. The highest BCUT2D eigenvalue weighted by molar-refractivity contribution is 6.31. The van der Waals surface area contributed by atoms with E-state index in [4.69, 9.17) is 16.3 Å². The number of Topliss-reactive ketones (excluding diaryl/α,β-unsaturated/α-hetero) is 1. The molecule has 5 nitrogen and oxygen atoms in total. The maximum Gasteiger partial charge on any atom is 0.306 e. The molecule has 0 aliphatic heterocycles. The van der Waals surface area contributed by atoms with Gasteiger partial charge in [-0.1, -0.05) is 48.0 Å². The number of halogens is 1. The normalized spacial score (nSPS) is 11.5. The Bertz CT molecular complexity index is 820. The van der Waals surface area contributed by atoms with Gasteiger partial charge in [0.2, 0.25) is 11.7 Å². The zero-order valence-electron chi connectivity index (χ0n) is 15.3. The van der Waals surface area contributed by atoms with Crippen molar-refractivity contribution in [3.05, 3.63) is 64.7 Å². The summed E-state index contributed by atoms with van der Waals surface area (Å²) in [5.41, 5.74) is 2.03. The minimum Gasteiger partial charge on any atom is -0.454 e. The van der Waals surface area contributed by atoms with Crippen LogP contribution in [0.2, 0.25) is 5.02 Å². The van der Waals surface area contributed by atoms with E-state index in [9.17, 15) is 14.4 Å². The molecule has 0 saturated heterocycles. The molecule has 142 valence electrons. The number of anilines is 1. The van der Waals surface area contributed by atoms with Crippen molar-refractivity contribution in [3.63, 3.8) is 0 Å². The van der Waals surface area contributed by atoms with Crippen molar-refractivity contribution in [1.29, 1.82) is 0 Å². The molecule has 2 aromatic rings. The molecule has 0 heterocycles. The second-order valence-corrected chi connectivity index (χ2v) is 6.64. The first-order chi connectivity index (χ1) is 12.9. The van der Waals surface area contributed by atoms with Crippen LogP contribution in [0.3, 0.4) is 0 Å². The van der Waals surface area contributed by atoms with Gasteiger partial charge in [-0.25, -0.2) is 0 Å². The van der Waals surface area contributed by atoms with Crippen molar-refractivity contribution in [2.45, 2.75) is 39.2 Å². The van der Waals surface area contributed by atoms with E-state index in [0.717, 1.165) is 5.56 Å². The molecule has 0 unspecified atom stereocenters. The summed E-state index contributed by atoms with van der Waals surface area (Å²) in [6.45, 7) is 3.42. The number of carbonyl (C=O) groups is 3. The Morgan fingerprint density at radius 1 is 1.07 bits per heavy atom. The number of esters is 1. The third-order valence-electron chi connectivity index (χ3n) is 3.98. The number of nitrogens with one attached hydrogen (secondary N) is 1. The summed E-state index contributed by atoms with van der Waals surface area (Å²) in [6.07, 6.45) is -0.296. The average molecular weight is 388 g/mol. The number of hydrogen-bond acceptors (Lipinski definition) is 4. The van der Waals surface area contributed by atoms with E-state index in [0.29, 0.717) is 22.7 Å². The highest BCUT2D eigenvalue weighted by Crippen LogP contribution is 2.20. The SMILES string of the molecule is Cc1ccc(NC(=O)CCCC(=O)O[C@H](C)C(=O)c2ccccc2)cc1Cl. The lowest BCUT2D eigenvalue weighted by Crippen LogP contribution is -2.24. The van der Waals surface area contributed by atoms with E-state index < -0.39 is 12.1 Å². The Hall–Kier alpha value is -2.66. The molecule has 0 spiro atoms. The van der Waals surface area contributed by atoms with Crippen molar-refractivity contribution >= 4 is 34.9 Å². The minimum atomic E-state index is -0.858. The lowest BCUT2D eigenvalue weighted by atomic mass is 10.1. The zero-order valence-corrected chi connectivity index (χ0v) is 16.1. The summed E-state index contributed by atoms with van der Waals surface area (Å²) in [7, 11) is 0. The van der Waals surface area contributed by atoms with Crippen molar-refractivity contribution in [3.8, 4) is 0 Å². The molecule has 0 aliphatic carbocycles. The van der Waals surface area contributed by atoms with Crippen LogP contribution in [-0.2, 0) is 14.3 Å². The first-order valence-electron chi connectivity index (χ1n) is 8.71. The third kappa shape index (κ3) is 6.53. The molecule has 0 bridgehead atoms. The topological polar surface area (TPSA) is 72.5 Å². The molecule has 0 radical (unpaired) electrons. The predicted octanol–water partition coefficient (Wildman–Crippen LogP) is 4.57.